The molecule has 2 rings (SSSR count). The summed E-state index contributed by atoms with van der Waals surface area (Å²) < 4.78 is 0. The summed E-state index contributed by atoms with van der Waals surface area (Å²) in [5, 5.41) is 8.93. The number of aliphatic carboxylic acids is 1. The molecule has 1 fully saturated rings. The Morgan fingerprint density at radius 3 is 2.39 bits per heavy atom. The third-order valence-corrected chi connectivity index (χ3v) is 3.15. The van der Waals surface area contributed by atoms with Crippen molar-refractivity contribution in [3.8, 4) is 0 Å². The predicted molar refractivity (Wildman–Crippen MR) is 68.9 cm³/mol. The molecule has 0 aromatic heterocycles. The Hall–Kier alpha value is -2.04. The monoisotopic (exact) mass is 248 g/mol. The lowest BCUT2D eigenvalue weighted by Gasteiger charge is -2.18. The summed E-state index contributed by atoms with van der Waals surface area (Å²) in [6.07, 6.45) is 0.0881. The fourth-order valence-corrected chi connectivity index (χ4v) is 2.05. The van der Waals surface area contributed by atoms with E-state index in [4.69, 9.17) is 5.11 Å². The molecule has 0 spiro atoms. The summed E-state index contributed by atoms with van der Waals surface area (Å²) in [7, 11) is 3.88. The van der Waals surface area contributed by atoms with Gasteiger partial charge in [0.2, 0.25) is 5.91 Å². The van der Waals surface area contributed by atoms with Gasteiger partial charge in [0.15, 0.2) is 0 Å². The summed E-state index contributed by atoms with van der Waals surface area (Å²) in [6.45, 7) is 0.259. The van der Waals surface area contributed by atoms with E-state index in [-0.39, 0.29) is 18.9 Å². The first-order chi connectivity index (χ1) is 8.49. The van der Waals surface area contributed by atoms with Crippen molar-refractivity contribution in [2.24, 2.45) is 5.92 Å². The third-order valence-electron chi connectivity index (χ3n) is 3.15. The fourth-order valence-electron chi connectivity index (χ4n) is 2.05. The molecule has 1 heterocycles. The van der Waals surface area contributed by atoms with E-state index in [1.165, 1.54) is 4.90 Å². The highest BCUT2D eigenvalue weighted by atomic mass is 16.4. The number of carbonyl (C=O) groups is 2. The molecule has 1 aliphatic rings. The molecule has 0 aliphatic carbocycles. The van der Waals surface area contributed by atoms with Crippen LogP contribution in [0.2, 0.25) is 0 Å². The number of nitrogens with zero attached hydrogens (tertiary/aromatic N) is 2. The minimum Gasteiger partial charge on any atom is -0.481 e. The van der Waals surface area contributed by atoms with Crippen LogP contribution in [0.25, 0.3) is 0 Å². The highest BCUT2D eigenvalue weighted by Gasteiger charge is 2.34. The van der Waals surface area contributed by atoms with Gasteiger partial charge in [-0.3, -0.25) is 9.59 Å². The molecule has 1 atom stereocenters. The van der Waals surface area contributed by atoms with Gasteiger partial charge in [-0.1, -0.05) is 0 Å². The molecule has 5 nitrogen and oxygen atoms in total. The number of benzene rings is 1. The fraction of sp³-hybridized carbons (Fsp3) is 0.385. The van der Waals surface area contributed by atoms with Crippen LogP contribution in [0.5, 0.6) is 0 Å². The number of carboxylic acid groups (broad SMARTS) is 1. The van der Waals surface area contributed by atoms with Crippen molar-refractivity contribution >= 4 is 23.3 Å². The minimum absolute atomic E-state index is 0.0881. The topological polar surface area (TPSA) is 60.9 Å². The van der Waals surface area contributed by atoms with Crippen molar-refractivity contribution in [3.05, 3.63) is 24.3 Å². The zero-order valence-corrected chi connectivity index (χ0v) is 10.5. The van der Waals surface area contributed by atoms with Crippen LogP contribution in [0.15, 0.2) is 24.3 Å². The third kappa shape index (κ3) is 2.30. The molecule has 1 amide bonds. The van der Waals surface area contributed by atoms with Gasteiger partial charge < -0.3 is 14.9 Å². The van der Waals surface area contributed by atoms with Gasteiger partial charge in [0, 0.05) is 38.4 Å². The van der Waals surface area contributed by atoms with Crippen LogP contribution in [0, 0.1) is 5.92 Å². The van der Waals surface area contributed by atoms with Crippen molar-refractivity contribution in [3.63, 3.8) is 0 Å². The maximum atomic E-state index is 11.8. The molecule has 1 aliphatic heterocycles. The molecule has 1 aromatic carbocycles. The highest BCUT2D eigenvalue weighted by molar-refractivity contribution is 5.99. The lowest BCUT2D eigenvalue weighted by atomic mass is 10.1. The van der Waals surface area contributed by atoms with E-state index in [0.717, 1.165) is 11.4 Å². The summed E-state index contributed by atoms with van der Waals surface area (Å²) in [5.41, 5.74) is 1.80. The molecule has 1 saturated heterocycles. The smallest absolute Gasteiger partial charge is 0.308 e. The van der Waals surface area contributed by atoms with Gasteiger partial charge in [0.05, 0.1) is 5.92 Å². The Morgan fingerprint density at radius 2 is 1.94 bits per heavy atom. The number of carbonyl (C=O) groups excluding carboxylic acids is 1. The van der Waals surface area contributed by atoms with E-state index >= 15 is 0 Å². The minimum atomic E-state index is -0.907. The molecular formula is C13H16N2O3. The number of rotatable bonds is 3. The number of hydrogen-bond donors (Lipinski definition) is 1. The van der Waals surface area contributed by atoms with E-state index in [0.29, 0.717) is 0 Å². The largest absolute Gasteiger partial charge is 0.481 e. The summed E-state index contributed by atoms with van der Waals surface area (Å²) >= 11 is 0. The van der Waals surface area contributed by atoms with Gasteiger partial charge in [-0.2, -0.15) is 0 Å². The first-order valence-electron chi connectivity index (χ1n) is 5.79. The molecule has 0 radical (unpaired) electrons. The maximum absolute atomic E-state index is 11.8. The molecule has 96 valence electrons. The summed E-state index contributed by atoms with van der Waals surface area (Å²) in [4.78, 5) is 26.2. The average Bonchev–Trinajstić information content (AvgIpc) is 2.71. The van der Waals surface area contributed by atoms with Crippen LogP contribution in [0.4, 0.5) is 11.4 Å². The van der Waals surface area contributed by atoms with Crippen molar-refractivity contribution in [2.75, 3.05) is 30.4 Å². The number of amides is 1. The second-order valence-corrected chi connectivity index (χ2v) is 4.65. The van der Waals surface area contributed by atoms with E-state index < -0.39 is 11.9 Å². The zero-order valence-electron chi connectivity index (χ0n) is 10.5. The first kappa shape index (κ1) is 12.4. The van der Waals surface area contributed by atoms with E-state index in [2.05, 4.69) is 0 Å². The molecule has 5 heteroatoms. The van der Waals surface area contributed by atoms with Crippen LogP contribution in [-0.4, -0.2) is 37.6 Å². The van der Waals surface area contributed by atoms with Gasteiger partial charge in [-0.25, -0.2) is 0 Å². The second-order valence-electron chi connectivity index (χ2n) is 4.65. The Balaban J connectivity index is 2.17. The Labute approximate surface area is 106 Å². The van der Waals surface area contributed by atoms with Gasteiger partial charge in [0.25, 0.3) is 0 Å². The highest BCUT2D eigenvalue weighted by Crippen LogP contribution is 2.26. The Bertz CT molecular complexity index is 468. The van der Waals surface area contributed by atoms with Crippen LogP contribution >= 0.6 is 0 Å². The molecule has 1 N–H and O–H groups in total. The molecule has 0 bridgehead atoms. The van der Waals surface area contributed by atoms with Crippen LogP contribution in [0.3, 0.4) is 0 Å². The number of anilines is 2. The molecule has 1 unspecified atom stereocenters. The Morgan fingerprint density at radius 1 is 1.33 bits per heavy atom. The quantitative estimate of drug-likeness (QED) is 0.872. The SMILES string of the molecule is CN(C)c1ccc(N2CC(C(=O)O)CC2=O)cc1. The maximum Gasteiger partial charge on any atom is 0.308 e. The van der Waals surface area contributed by atoms with Crippen molar-refractivity contribution in [1.29, 1.82) is 0 Å². The normalized spacial score (nSPS) is 19.1. The van der Waals surface area contributed by atoms with Gasteiger partial charge in [0.1, 0.15) is 0 Å². The first-order valence-corrected chi connectivity index (χ1v) is 5.79. The van der Waals surface area contributed by atoms with Gasteiger partial charge in [-0.15, -0.1) is 0 Å². The van der Waals surface area contributed by atoms with Crippen LogP contribution in [-0.2, 0) is 9.59 Å². The number of carboxylic acids is 1. The average molecular weight is 248 g/mol. The lowest BCUT2D eigenvalue weighted by Crippen LogP contribution is -2.25. The number of hydrogen-bond acceptors (Lipinski definition) is 3. The van der Waals surface area contributed by atoms with Crippen LogP contribution < -0.4 is 9.80 Å². The summed E-state index contributed by atoms with van der Waals surface area (Å²) in [6, 6.07) is 7.52. The zero-order chi connectivity index (χ0) is 13.3. The van der Waals surface area contributed by atoms with E-state index in [9.17, 15) is 9.59 Å². The summed E-state index contributed by atoms with van der Waals surface area (Å²) in [5.74, 6) is -1.62. The van der Waals surface area contributed by atoms with Gasteiger partial charge >= 0.3 is 5.97 Å². The van der Waals surface area contributed by atoms with Crippen molar-refractivity contribution in [2.45, 2.75) is 6.42 Å². The second kappa shape index (κ2) is 4.68. The predicted octanol–water partition coefficient (Wildman–Crippen LogP) is 1.19. The standard InChI is InChI=1S/C13H16N2O3/c1-14(2)10-3-5-11(6-4-10)15-8-9(13(17)18)7-12(15)16/h3-6,9H,7-8H2,1-2H3,(H,17,18). The molecule has 0 saturated carbocycles. The molecular weight excluding hydrogens is 232 g/mol. The van der Waals surface area contributed by atoms with E-state index in [1.54, 1.807) is 0 Å². The molecule has 1 aromatic rings. The molecule has 18 heavy (non-hydrogen) atoms. The van der Waals surface area contributed by atoms with Crippen molar-refractivity contribution < 1.29 is 14.7 Å². The van der Waals surface area contributed by atoms with E-state index in [1.807, 2.05) is 43.3 Å². The van der Waals surface area contributed by atoms with Gasteiger partial charge in [-0.05, 0) is 24.3 Å². The Kier molecular flexibility index (Phi) is 3.23. The van der Waals surface area contributed by atoms with Crippen molar-refractivity contribution in [1.82, 2.24) is 0 Å². The van der Waals surface area contributed by atoms with Crippen LogP contribution in [0.1, 0.15) is 6.42 Å². The lowest BCUT2D eigenvalue weighted by molar-refractivity contribution is -0.141.